The van der Waals surface area contributed by atoms with Gasteiger partial charge in [0.25, 0.3) is 0 Å². The molecule has 3 saturated carbocycles. The number of benzene rings is 1. The third-order valence-corrected chi connectivity index (χ3v) is 17.6. The van der Waals surface area contributed by atoms with Gasteiger partial charge in [-0.1, -0.05) is 0 Å². The van der Waals surface area contributed by atoms with Crippen LogP contribution >= 0.6 is 0 Å². The van der Waals surface area contributed by atoms with E-state index in [0.717, 1.165) is 0 Å². The fourth-order valence-electron chi connectivity index (χ4n) is 7.83. The molecule has 2 bridgehead atoms. The molecule has 4 aliphatic rings. The molecule has 5 rings (SSSR count). The minimum atomic E-state index is -1.96. The zero-order valence-electron chi connectivity index (χ0n) is 23.4. The molecule has 7 atom stereocenters. The zero-order chi connectivity index (χ0) is 25.3. The molecule has 1 saturated heterocycles. The summed E-state index contributed by atoms with van der Waals surface area (Å²) in [6.07, 6.45) is 9.30. The van der Waals surface area contributed by atoms with E-state index >= 15 is 0 Å². The van der Waals surface area contributed by atoms with E-state index in [9.17, 15) is 0 Å². The van der Waals surface area contributed by atoms with E-state index in [1.807, 2.05) is 0 Å². The quantitative estimate of drug-likeness (QED) is 0.366. The molecule has 196 valence electrons. The first-order valence-corrected chi connectivity index (χ1v) is 18.8. The Bertz CT molecular complexity index is 912. The summed E-state index contributed by atoms with van der Waals surface area (Å²) in [5.74, 6) is 0.594. The summed E-state index contributed by atoms with van der Waals surface area (Å²) in [5.41, 5.74) is -0.211. The molecule has 5 heteroatoms. The minimum absolute atomic E-state index is 0.0409. The van der Waals surface area contributed by atoms with Gasteiger partial charge in [0.2, 0.25) is 0 Å². The predicted octanol–water partition coefficient (Wildman–Crippen LogP) is 7.10. The van der Waals surface area contributed by atoms with Crippen molar-refractivity contribution in [3.63, 3.8) is 0 Å². The average Bonchev–Trinajstić information content (AvgIpc) is 3.07. The Morgan fingerprint density at radius 1 is 1.03 bits per heavy atom. The number of hydrogen-bond donors (Lipinski definition) is 0. The molecule has 0 aromatic heterocycles. The first kappa shape index (κ1) is 26.4. The van der Waals surface area contributed by atoms with Crippen molar-refractivity contribution in [2.45, 2.75) is 133 Å². The van der Waals surface area contributed by atoms with E-state index in [-0.39, 0.29) is 28.3 Å². The maximum absolute atomic E-state index is 7.60. The van der Waals surface area contributed by atoms with E-state index in [1.165, 1.54) is 49.4 Å². The molecular weight excluding hydrogens is 515 g/mol. The van der Waals surface area contributed by atoms with Gasteiger partial charge < -0.3 is 0 Å². The van der Waals surface area contributed by atoms with Crippen LogP contribution in [0.1, 0.15) is 86.5 Å². The fraction of sp³-hybridized carbons (Fsp3) is 0.800. The molecule has 2 spiro atoms. The van der Waals surface area contributed by atoms with Crippen LogP contribution in [0, 0.1) is 17.3 Å². The van der Waals surface area contributed by atoms with Crippen LogP contribution in [0.25, 0.3) is 0 Å². The van der Waals surface area contributed by atoms with E-state index < -0.39 is 14.1 Å². The van der Waals surface area contributed by atoms with Crippen LogP contribution in [0.4, 0.5) is 0 Å². The van der Waals surface area contributed by atoms with Gasteiger partial charge in [-0.2, -0.15) is 0 Å². The Labute approximate surface area is 221 Å². The summed E-state index contributed by atoms with van der Waals surface area (Å²) in [7, 11) is -1.96. The van der Waals surface area contributed by atoms with Gasteiger partial charge in [-0.25, -0.2) is 0 Å². The van der Waals surface area contributed by atoms with Crippen LogP contribution in [-0.4, -0.2) is 46.9 Å². The second-order valence-electron chi connectivity index (χ2n) is 14.0. The Balaban J connectivity index is 1.67. The van der Waals surface area contributed by atoms with E-state index in [0.29, 0.717) is 31.6 Å². The summed E-state index contributed by atoms with van der Waals surface area (Å²) in [5, 5.41) is 0.204. The summed E-state index contributed by atoms with van der Waals surface area (Å²) < 4.78 is 23.4. The summed E-state index contributed by atoms with van der Waals surface area (Å²) >= 11 is 0.341. The molecule has 1 aromatic carbocycles. The molecule has 1 aliphatic heterocycles. The number of hydrogen-bond acceptors (Lipinski definition) is 3. The van der Waals surface area contributed by atoms with Crippen molar-refractivity contribution in [3.8, 4) is 0 Å². The molecule has 0 amide bonds. The Morgan fingerprint density at radius 3 is 2.43 bits per heavy atom. The first-order chi connectivity index (χ1) is 16.3. The van der Waals surface area contributed by atoms with Gasteiger partial charge >= 0.3 is 222 Å². The van der Waals surface area contributed by atoms with Gasteiger partial charge in [-0.15, -0.1) is 0 Å². The van der Waals surface area contributed by atoms with Gasteiger partial charge in [-0.3, -0.25) is 0 Å². The van der Waals surface area contributed by atoms with E-state index in [4.69, 9.17) is 13.9 Å². The fourth-order valence-corrected chi connectivity index (χ4v) is 12.4. The molecule has 0 radical (unpaired) electrons. The molecule has 3 nitrogen and oxygen atoms in total. The van der Waals surface area contributed by atoms with Crippen molar-refractivity contribution in [1.82, 2.24) is 0 Å². The molecule has 1 aromatic rings. The van der Waals surface area contributed by atoms with Gasteiger partial charge in [0.15, 0.2) is 0 Å². The van der Waals surface area contributed by atoms with Crippen LogP contribution < -0.4 is 4.46 Å². The van der Waals surface area contributed by atoms with Crippen LogP contribution in [0.15, 0.2) is 30.3 Å². The Hall–Kier alpha value is -0.164. The number of fused-ring (bicyclic) bond motifs is 1. The molecule has 4 fully saturated rings. The Kier molecular flexibility index (Phi) is 6.76. The third-order valence-electron chi connectivity index (χ3n) is 10.2. The van der Waals surface area contributed by atoms with Crippen molar-refractivity contribution < 1.29 is 13.9 Å². The zero-order valence-corrected chi connectivity index (χ0v) is 26.1. The number of ether oxygens (including phenoxy) is 2. The average molecular weight is 564 g/mol. The molecule has 35 heavy (non-hydrogen) atoms. The normalized spacial score (nSPS) is 41.1. The van der Waals surface area contributed by atoms with Crippen molar-refractivity contribution in [2.75, 3.05) is 0 Å². The van der Waals surface area contributed by atoms with Crippen molar-refractivity contribution >= 4 is 27.7 Å². The van der Waals surface area contributed by atoms with Gasteiger partial charge in [-0.05, 0) is 0 Å². The summed E-state index contributed by atoms with van der Waals surface area (Å²) in [4.78, 5) is 0.516. The number of rotatable bonds is 4. The van der Waals surface area contributed by atoms with Crippen LogP contribution in [-0.2, 0) is 13.9 Å². The standard InChI is InChI=1S/C30H48O3SeSi/c1-21-20-29-19-13-12-14-22(26(29)32-35(7,8)27(2,3)4)17-18-24(34-23-15-10-9-11-16-23)30(29)25(21)31-28(5,6)33-30/h9-11,15-16,21-22,24-26H,12-14,17-20H2,1-8H3/t21-,22?,24+,25+,26?,29?,30+/m1/s1. The second-order valence-corrected chi connectivity index (χ2v) is 21.4. The Morgan fingerprint density at radius 2 is 1.74 bits per heavy atom. The monoisotopic (exact) mass is 564 g/mol. The third kappa shape index (κ3) is 4.25. The first-order valence-electron chi connectivity index (χ1n) is 14.1. The van der Waals surface area contributed by atoms with Crippen molar-refractivity contribution in [1.29, 1.82) is 0 Å². The van der Waals surface area contributed by atoms with Crippen LogP contribution in [0.5, 0.6) is 0 Å². The topological polar surface area (TPSA) is 27.7 Å². The molecule has 0 N–H and O–H groups in total. The summed E-state index contributed by atoms with van der Waals surface area (Å²) in [6.45, 7) is 18.9. The van der Waals surface area contributed by atoms with Crippen LogP contribution in [0.2, 0.25) is 22.9 Å². The predicted molar refractivity (Wildman–Crippen MR) is 148 cm³/mol. The second kappa shape index (κ2) is 8.95. The maximum atomic E-state index is 7.60. The summed E-state index contributed by atoms with van der Waals surface area (Å²) in [6, 6.07) is 11.2. The SMILES string of the molecule is C[C@@H]1CC23CCCCC(CC[C@H]([Se]c4ccccc4)[C@@]24OC(C)(C)O[C@@H]14)C3O[Si](C)(C)C(C)(C)C. The molecule has 1 heterocycles. The van der Waals surface area contributed by atoms with E-state index in [2.05, 4.69) is 85.0 Å². The van der Waals surface area contributed by atoms with Crippen molar-refractivity contribution in [3.05, 3.63) is 30.3 Å². The van der Waals surface area contributed by atoms with Gasteiger partial charge in [0.1, 0.15) is 0 Å². The molecule has 3 aliphatic carbocycles. The van der Waals surface area contributed by atoms with Gasteiger partial charge in [0, 0.05) is 0 Å². The molecular formula is C30H48O3SeSi. The van der Waals surface area contributed by atoms with Crippen molar-refractivity contribution in [2.24, 2.45) is 17.3 Å². The van der Waals surface area contributed by atoms with Gasteiger partial charge in [0.05, 0.1) is 0 Å². The van der Waals surface area contributed by atoms with E-state index in [1.54, 1.807) is 0 Å². The van der Waals surface area contributed by atoms with Crippen LogP contribution in [0.3, 0.4) is 0 Å². The molecule has 3 unspecified atom stereocenters.